The molecule has 2 N–H and O–H groups in total. The predicted molar refractivity (Wildman–Crippen MR) is 66.8 cm³/mol. The van der Waals surface area contributed by atoms with Gasteiger partial charge in [0.05, 0.1) is 0 Å². The Kier molecular flexibility index (Phi) is 2.82. The van der Waals surface area contributed by atoms with E-state index in [-0.39, 0.29) is 11.7 Å². The van der Waals surface area contributed by atoms with Gasteiger partial charge in [0, 0.05) is 23.6 Å². The third-order valence-corrected chi connectivity index (χ3v) is 4.35. The standard InChI is InChI=1S/C14H17FN2O/c15-12-3-1-2-10(14(16)18)13(12)11-8-17-6-4-9(11)5-7-17/h1-3,9,11H,4-8H2,(H2,16,18). The van der Waals surface area contributed by atoms with Crippen molar-refractivity contribution in [3.8, 4) is 0 Å². The number of hydrogen-bond acceptors (Lipinski definition) is 2. The molecule has 3 aliphatic rings. The molecule has 1 atom stereocenters. The molecular formula is C14H17FN2O. The van der Waals surface area contributed by atoms with Gasteiger partial charge in [-0.1, -0.05) is 6.07 Å². The van der Waals surface area contributed by atoms with Crippen LogP contribution >= 0.6 is 0 Å². The Balaban J connectivity index is 2.03. The Bertz CT molecular complexity index is 481. The minimum Gasteiger partial charge on any atom is -0.366 e. The highest BCUT2D eigenvalue weighted by Crippen LogP contribution is 2.40. The summed E-state index contributed by atoms with van der Waals surface area (Å²) in [5.74, 6) is -0.202. The molecule has 4 rings (SSSR count). The smallest absolute Gasteiger partial charge is 0.249 e. The highest BCUT2D eigenvalue weighted by molar-refractivity contribution is 5.94. The molecule has 0 aromatic heterocycles. The first-order valence-corrected chi connectivity index (χ1v) is 6.47. The van der Waals surface area contributed by atoms with Crippen LogP contribution in [0.25, 0.3) is 0 Å². The number of rotatable bonds is 2. The molecule has 3 nitrogen and oxygen atoms in total. The van der Waals surface area contributed by atoms with E-state index in [2.05, 4.69) is 4.90 Å². The van der Waals surface area contributed by atoms with Crippen LogP contribution in [-0.2, 0) is 0 Å². The number of amides is 1. The molecule has 18 heavy (non-hydrogen) atoms. The summed E-state index contributed by atoms with van der Waals surface area (Å²) in [6.45, 7) is 3.05. The number of primary amides is 1. The average molecular weight is 248 g/mol. The van der Waals surface area contributed by atoms with E-state index >= 15 is 0 Å². The topological polar surface area (TPSA) is 46.3 Å². The molecule has 0 aliphatic carbocycles. The molecule has 3 saturated heterocycles. The van der Waals surface area contributed by atoms with Crippen LogP contribution < -0.4 is 5.73 Å². The molecule has 96 valence electrons. The van der Waals surface area contributed by atoms with Gasteiger partial charge in [0.1, 0.15) is 5.82 Å². The van der Waals surface area contributed by atoms with Crippen molar-refractivity contribution in [3.63, 3.8) is 0 Å². The summed E-state index contributed by atoms with van der Waals surface area (Å²) >= 11 is 0. The Morgan fingerprint density at radius 3 is 2.61 bits per heavy atom. The molecule has 2 bridgehead atoms. The van der Waals surface area contributed by atoms with Crippen LogP contribution in [0, 0.1) is 11.7 Å². The predicted octanol–water partition coefficient (Wildman–Crippen LogP) is 1.73. The second-order valence-electron chi connectivity index (χ2n) is 5.31. The molecule has 0 radical (unpaired) electrons. The largest absolute Gasteiger partial charge is 0.366 e. The lowest BCUT2D eigenvalue weighted by Crippen LogP contribution is -2.46. The van der Waals surface area contributed by atoms with Gasteiger partial charge in [-0.15, -0.1) is 0 Å². The van der Waals surface area contributed by atoms with Gasteiger partial charge in [-0.3, -0.25) is 4.79 Å². The summed E-state index contributed by atoms with van der Waals surface area (Å²) in [6, 6.07) is 4.62. The summed E-state index contributed by atoms with van der Waals surface area (Å²) in [4.78, 5) is 13.8. The van der Waals surface area contributed by atoms with E-state index in [0.717, 1.165) is 32.5 Å². The van der Waals surface area contributed by atoms with Crippen molar-refractivity contribution in [1.82, 2.24) is 4.90 Å². The van der Waals surface area contributed by atoms with Gasteiger partial charge in [0.2, 0.25) is 5.91 Å². The number of piperidine rings is 3. The van der Waals surface area contributed by atoms with E-state index in [9.17, 15) is 9.18 Å². The molecule has 1 unspecified atom stereocenters. The summed E-state index contributed by atoms with van der Waals surface area (Å²) in [5.41, 5.74) is 6.27. The lowest BCUT2D eigenvalue weighted by molar-refractivity contribution is 0.0841. The van der Waals surface area contributed by atoms with Gasteiger partial charge in [0.25, 0.3) is 0 Å². The highest BCUT2D eigenvalue weighted by Gasteiger charge is 2.37. The van der Waals surface area contributed by atoms with Crippen LogP contribution in [0.1, 0.15) is 34.7 Å². The van der Waals surface area contributed by atoms with Crippen molar-refractivity contribution in [2.45, 2.75) is 18.8 Å². The van der Waals surface area contributed by atoms with Crippen LogP contribution in [0.4, 0.5) is 4.39 Å². The number of carbonyl (C=O) groups excluding carboxylic acids is 1. The minimum atomic E-state index is -0.527. The molecule has 0 saturated carbocycles. The van der Waals surface area contributed by atoms with Crippen molar-refractivity contribution in [2.24, 2.45) is 11.7 Å². The molecule has 1 aromatic rings. The zero-order valence-corrected chi connectivity index (χ0v) is 10.2. The lowest BCUT2D eigenvalue weighted by atomic mass is 9.74. The van der Waals surface area contributed by atoms with Crippen LogP contribution in [-0.4, -0.2) is 30.4 Å². The van der Waals surface area contributed by atoms with E-state index in [1.807, 2.05) is 0 Å². The van der Waals surface area contributed by atoms with Gasteiger partial charge in [-0.2, -0.15) is 0 Å². The van der Waals surface area contributed by atoms with Crippen LogP contribution in [0.15, 0.2) is 18.2 Å². The number of nitrogens with zero attached hydrogens (tertiary/aromatic N) is 1. The van der Waals surface area contributed by atoms with E-state index in [0.29, 0.717) is 17.0 Å². The van der Waals surface area contributed by atoms with Gasteiger partial charge < -0.3 is 10.6 Å². The second-order valence-corrected chi connectivity index (χ2v) is 5.31. The number of nitrogens with two attached hydrogens (primary N) is 1. The van der Waals surface area contributed by atoms with Crippen molar-refractivity contribution < 1.29 is 9.18 Å². The molecule has 4 heteroatoms. The maximum atomic E-state index is 14.1. The maximum Gasteiger partial charge on any atom is 0.249 e. The van der Waals surface area contributed by atoms with E-state index < -0.39 is 5.91 Å². The SMILES string of the molecule is NC(=O)c1cccc(F)c1C1CN2CCC1CC2. The van der Waals surface area contributed by atoms with Crippen molar-refractivity contribution in [1.29, 1.82) is 0 Å². The van der Waals surface area contributed by atoms with Crippen LogP contribution in [0.5, 0.6) is 0 Å². The van der Waals surface area contributed by atoms with Crippen molar-refractivity contribution in [3.05, 3.63) is 35.1 Å². The van der Waals surface area contributed by atoms with Gasteiger partial charge >= 0.3 is 0 Å². The van der Waals surface area contributed by atoms with Crippen LogP contribution in [0.3, 0.4) is 0 Å². The fourth-order valence-corrected chi connectivity index (χ4v) is 3.42. The van der Waals surface area contributed by atoms with Gasteiger partial charge in [-0.25, -0.2) is 4.39 Å². The molecule has 3 heterocycles. The van der Waals surface area contributed by atoms with Crippen LogP contribution in [0.2, 0.25) is 0 Å². The number of hydrogen-bond donors (Lipinski definition) is 1. The fourth-order valence-electron chi connectivity index (χ4n) is 3.42. The Morgan fingerprint density at radius 1 is 1.33 bits per heavy atom. The summed E-state index contributed by atoms with van der Waals surface area (Å²) < 4.78 is 14.1. The Labute approximate surface area is 106 Å². The summed E-state index contributed by atoms with van der Waals surface area (Å²) in [7, 11) is 0. The number of benzene rings is 1. The Morgan fingerprint density at radius 2 is 2.06 bits per heavy atom. The zero-order chi connectivity index (χ0) is 12.7. The molecule has 1 amide bonds. The average Bonchev–Trinajstić information content (AvgIpc) is 2.39. The third-order valence-electron chi connectivity index (χ3n) is 4.35. The Hall–Kier alpha value is -1.42. The van der Waals surface area contributed by atoms with Gasteiger partial charge in [-0.05, 0) is 44.0 Å². The normalized spacial score (nSPS) is 30.4. The first kappa shape index (κ1) is 11.7. The van der Waals surface area contributed by atoms with E-state index in [1.54, 1.807) is 12.1 Å². The fraction of sp³-hybridized carbons (Fsp3) is 0.500. The minimum absolute atomic E-state index is 0.121. The highest BCUT2D eigenvalue weighted by atomic mass is 19.1. The van der Waals surface area contributed by atoms with E-state index in [4.69, 9.17) is 5.73 Å². The lowest BCUT2D eigenvalue weighted by Gasteiger charge is -2.45. The van der Waals surface area contributed by atoms with Gasteiger partial charge in [0.15, 0.2) is 0 Å². The number of carbonyl (C=O) groups is 1. The second kappa shape index (κ2) is 4.35. The number of fused-ring (bicyclic) bond motifs is 3. The molecule has 3 aliphatic heterocycles. The number of halogens is 1. The maximum absolute atomic E-state index is 14.1. The summed E-state index contributed by atoms with van der Waals surface area (Å²) in [5, 5.41) is 0. The monoisotopic (exact) mass is 248 g/mol. The molecule has 3 fully saturated rings. The third kappa shape index (κ3) is 1.81. The summed E-state index contributed by atoms with van der Waals surface area (Å²) in [6.07, 6.45) is 2.19. The zero-order valence-electron chi connectivity index (χ0n) is 10.2. The molecular weight excluding hydrogens is 231 g/mol. The quantitative estimate of drug-likeness (QED) is 0.866. The van der Waals surface area contributed by atoms with Crippen molar-refractivity contribution in [2.75, 3.05) is 19.6 Å². The van der Waals surface area contributed by atoms with E-state index in [1.165, 1.54) is 6.07 Å². The first-order chi connectivity index (χ1) is 8.66. The molecule has 1 aromatic carbocycles. The molecule has 0 spiro atoms. The van der Waals surface area contributed by atoms with Crippen molar-refractivity contribution >= 4 is 5.91 Å². The first-order valence-electron chi connectivity index (χ1n) is 6.47.